The summed E-state index contributed by atoms with van der Waals surface area (Å²) in [6, 6.07) is 2.10. The second-order valence-corrected chi connectivity index (χ2v) is 3.71. The fourth-order valence-electron chi connectivity index (χ4n) is 1.63. The Kier molecular flexibility index (Phi) is 5.44. The number of alkyl halides is 3. The van der Waals surface area contributed by atoms with Crippen LogP contribution < -0.4 is 20.7 Å². The van der Waals surface area contributed by atoms with Gasteiger partial charge in [0.25, 0.3) is 0 Å². The molecule has 1 aromatic rings. The van der Waals surface area contributed by atoms with Crippen LogP contribution in [0.4, 0.5) is 13.2 Å². The van der Waals surface area contributed by atoms with Crippen molar-refractivity contribution < 1.29 is 22.6 Å². The van der Waals surface area contributed by atoms with Crippen molar-refractivity contribution in [2.24, 2.45) is 5.84 Å². The standard InChI is InChI=1S/C12H17F3N2O2/c1-3-18-9-6-5-8(7-10(9)19-4-2)11(17-16)12(13,14)15/h5-7,11,17H,3-4,16H2,1-2H3. The highest BCUT2D eigenvalue weighted by Crippen LogP contribution is 2.36. The van der Waals surface area contributed by atoms with Crippen LogP contribution in [0.1, 0.15) is 25.5 Å². The Labute approximate surface area is 109 Å². The normalized spacial score (nSPS) is 13.2. The quantitative estimate of drug-likeness (QED) is 0.620. The smallest absolute Gasteiger partial charge is 0.409 e. The first kappa shape index (κ1) is 15.6. The van der Waals surface area contributed by atoms with Gasteiger partial charge in [-0.25, -0.2) is 5.43 Å². The summed E-state index contributed by atoms with van der Waals surface area (Å²) in [5, 5.41) is 0. The molecule has 7 heteroatoms. The minimum Gasteiger partial charge on any atom is -0.490 e. The van der Waals surface area contributed by atoms with Crippen molar-refractivity contribution in [1.82, 2.24) is 5.43 Å². The van der Waals surface area contributed by atoms with E-state index in [2.05, 4.69) is 0 Å². The molecule has 0 spiro atoms. The Morgan fingerprint density at radius 3 is 2.21 bits per heavy atom. The molecule has 0 fully saturated rings. The van der Waals surface area contributed by atoms with E-state index in [4.69, 9.17) is 15.3 Å². The second kappa shape index (κ2) is 6.63. The minimum absolute atomic E-state index is 0.0260. The number of hydrogen-bond donors (Lipinski definition) is 2. The van der Waals surface area contributed by atoms with Crippen molar-refractivity contribution in [2.75, 3.05) is 13.2 Å². The first-order valence-corrected chi connectivity index (χ1v) is 5.86. The van der Waals surface area contributed by atoms with E-state index in [1.807, 2.05) is 0 Å². The molecule has 0 bridgehead atoms. The SMILES string of the molecule is CCOc1ccc(C(NN)C(F)(F)F)cc1OCC. The third-order valence-electron chi connectivity index (χ3n) is 2.39. The van der Waals surface area contributed by atoms with Gasteiger partial charge in [0, 0.05) is 0 Å². The number of hydrogen-bond acceptors (Lipinski definition) is 4. The summed E-state index contributed by atoms with van der Waals surface area (Å²) >= 11 is 0. The molecule has 4 nitrogen and oxygen atoms in total. The lowest BCUT2D eigenvalue weighted by atomic mass is 10.1. The van der Waals surface area contributed by atoms with Gasteiger partial charge < -0.3 is 9.47 Å². The van der Waals surface area contributed by atoms with Crippen molar-refractivity contribution in [1.29, 1.82) is 0 Å². The van der Waals surface area contributed by atoms with E-state index < -0.39 is 12.2 Å². The monoisotopic (exact) mass is 278 g/mol. The Morgan fingerprint density at radius 1 is 1.16 bits per heavy atom. The first-order chi connectivity index (χ1) is 8.93. The lowest BCUT2D eigenvalue weighted by molar-refractivity contribution is -0.157. The summed E-state index contributed by atoms with van der Waals surface area (Å²) < 4.78 is 48.8. The molecule has 0 saturated carbocycles. The van der Waals surface area contributed by atoms with E-state index in [1.165, 1.54) is 18.2 Å². The molecular formula is C12H17F3N2O2. The van der Waals surface area contributed by atoms with Crippen LogP contribution in [0.2, 0.25) is 0 Å². The fraction of sp³-hybridized carbons (Fsp3) is 0.500. The zero-order valence-corrected chi connectivity index (χ0v) is 10.8. The van der Waals surface area contributed by atoms with Gasteiger partial charge in [0.15, 0.2) is 11.5 Å². The van der Waals surface area contributed by atoms with E-state index in [0.29, 0.717) is 19.0 Å². The van der Waals surface area contributed by atoms with Gasteiger partial charge in [0.1, 0.15) is 6.04 Å². The maximum Gasteiger partial charge on any atom is 0.409 e. The van der Waals surface area contributed by atoms with Crippen LogP contribution >= 0.6 is 0 Å². The molecule has 0 amide bonds. The summed E-state index contributed by atoms with van der Waals surface area (Å²) in [6.45, 7) is 4.25. The van der Waals surface area contributed by atoms with Gasteiger partial charge in [-0.15, -0.1) is 0 Å². The summed E-state index contributed by atoms with van der Waals surface area (Å²) in [5.41, 5.74) is 1.73. The molecule has 0 aliphatic heterocycles. The van der Waals surface area contributed by atoms with Gasteiger partial charge in [-0.3, -0.25) is 5.84 Å². The molecule has 0 aliphatic rings. The van der Waals surface area contributed by atoms with E-state index in [-0.39, 0.29) is 11.3 Å². The number of ether oxygens (including phenoxy) is 2. The second-order valence-electron chi connectivity index (χ2n) is 3.71. The number of hydrazine groups is 1. The predicted molar refractivity (Wildman–Crippen MR) is 64.9 cm³/mol. The number of benzene rings is 1. The summed E-state index contributed by atoms with van der Waals surface area (Å²) in [7, 11) is 0. The highest BCUT2D eigenvalue weighted by atomic mass is 19.4. The van der Waals surface area contributed by atoms with Crippen molar-refractivity contribution in [3.63, 3.8) is 0 Å². The van der Waals surface area contributed by atoms with Crippen LogP contribution in [0.25, 0.3) is 0 Å². The molecular weight excluding hydrogens is 261 g/mol. The van der Waals surface area contributed by atoms with Crippen molar-refractivity contribution in [3.05, 3.63) is 23.8 Å². The van der Waals surface area contributed by atoms with Gasteiger partial charge >= 0.3 is 6.18 Å². The summed E-state index contributed by atoms with van der Waals surface area (Å²) in [4.78, 5) is 0. The molecule has 0 aliphatic carbocycles. The van der Waals surface area contributed by atoms with Crippen molar-refractivity contribution in [2.45, 2.75) is 26.1 Å². The third-order valence-corrected chi connectivity index (χ3v) is 2.39. The lowest BCUT2D eigenvalue weighted by Gasteiger charge is -2.21. The predicted octanol–water partition coefficient (Wildman–Crippen LogP) is 2.55. The van der Waals surface area contributed by atoms with Gasteiger partial charge in [-0.05, 0) is 31.5 Å². The van der Waals surface area contributed by atoms with Crippen molar-refractivity contribution >= 4 is 0 Å². The maximum atomic E-state index is 12.8. The van der Waals surface area contributed by atoms with E-state index in [9.17, 15) is 13.2 Å². The molecule has 3 N–H and O–H groups in total. The van der Waals surface area contributed by atoms with Gasteiger partial charge in [-0.2, -0.15) is 13.2 Å². The zero-order chi connectivity index (χ0) is 14.5. The average molecular weight is 278 g/mol. The Morgan fingerprint density at radius 2 is 1.74 bits per heavy atom. The zero-order valence-electron chi connectivity index (χ0n) is 10.8. The third kappa shape index (κ3) is 4.00. The van der Waals surface area contributed by atoms with Crippen molar-refractivity contribution in [3.8, 4) is 11.5 Å². The minimum atomic E-state index is -4.48. The van der Waals surface area contributed by atoms with E-state index >= 15 is 0 Å². The van der Waals surface area contributed by atoms with Crippen LogP contribution in [0, 0.1) is 0 Å². The number of nitrogens with one attached hydrogen (secondary N) is 1. The van der Waals surface area contributed by atoms with Crippen LogP contribution in [0.3, 0.4) is 0 Å². The Bertz CT molecular complexity index is 410. The van der Waals surface area contributed by atoms with Gasteiger partial charge in [0.2, 0.25) is 0 Å². The number of rotatable bonds is 6. The van der Waals surface area contributed by atoms with Crippen LogP contribution in [0.5, 0.6) is 11.5 Å². The van der Waals surface area contributed by atoms with Crippen LogP contribution in [-0.4, -0.2) is 19.4 Å². The molecule has 1 unspecified atom stereocenters. The highest BCUT2D eigenvalue weighted by Gasteiger charge is 2.40. The molecule has 0 heterocycles. The Balaban J connectivity index is 3.12. The molecule has 0 radical (unpaired) electrons. The van der Waals surface area contributed by atoms with E-state index in [1.54, 1.807) is 19.3 Å². The molecule has 0 aromatic heterocycles. The topological polar surface area (TPSA) is 56.5 Å². The summed E-state index contributed by atoms with van der Waals surface area (Å²) in [6.07, 6.45) is -4.48. The largest absolute Gasteiger partial charge is 0.490 e. The van der Waals surface area contributed by atoms with Crippen LogP contribution in [0.15, 0.2) is 18.2 Å². The van der Waals surface area contributed by atoms with E-state index in [0.717, 1.165) is 0 Å². The molecule has 19 heavy (non-hydrogen) atoms. The number of nitrogens with two attached hydrogens (primary N) is 1. The molecule has 0 saturated heterocycles. The molecule has 1 atom stereocenters. The fourth-order valence-corrected chi connectivity index (χ4v) is 1.63. The highest BCUT2D eigenvalue weighted by molar-refractivity contribution is 5.44. The summed E-state index contributed by atoms with van der Waals surface area (Å²) in [5.74, 6) is 5.65. The van der Waals surface area contributed by atoms with Crippen LogP contribution in [-0.2, 0) is 0 Å². The first-order valence-electron chi connectivity index (χ1n) is 5.86. The molecule has 1 rings (SSSR count). The van der Waals surface area contributed by atoms with Gasteiger partial charge in [-0.1, -0.05) is 6.07 Å². The molecule has 108 valence electrons. The molecule has 1 aromatic carbocycles. The number of halogens is 3. The Hall–Kier alpha value is -1.47. The van der Waals surface area contributed by atoms with Gasteiger partial charge in [0.05, 0.1) is 13.2 Å². The average Bonchev–Trinajstić information content (AvgIpc) is 2.32. The lowest BCUT2D eigenvalue weighted by Crippen LogP contribution is -2.38. The maximum absolute atomic E-state index is 12.8.